The van der Waals surface area contributed by atoms with Gasteiger partial charge in [0.25, 0.3) is 5.91 Å². The van der Waals surface area contributed by atoms with E-state index in [9.17, 15) is 14.4 Å². The Morgan fingerprint density at radius 2 is 1.46 bits per heavy atom. The van der Waals surface area contributed by atoms with Crippen molar-refractivity contribution < 1.29 is 19.1 Å². The number of nitrogens with zero attached hydrogens (tertiary/aromatic N) is 2. The highest BCUT2D eigenvalue weighted by atomic mass is 32.2. The van der Waals surface area contributed by atoms with Crippen LogP contribution in [0.1, 0.15) is 26.9 Å². The molecule has 1 aliphatic rings. The van der Waals surface area contributed by atoms with E-state index in [2.05, 4.69) is 15.6 Å². The van der Waals surface area contributed by atoms with Crippen molar-refractivity contribution in [3.63, 3.8) is 0 Å². The Morgan fingerprint density at radius 1 is 0.821 bits per heavy atom. The van der Waals surface area contributed by atoms with Crippen LogP contribution in [0.4, 0.5) is 16.2 Å². The Hall–Kier alpha value is -4.63. The number of para-hydroxylation sites is 1. The number of nitrogens with one attached hydrogen (secondary N) is 2. The van der Waals surface area contributed by atoms with E-state index in [1.807, 2.05) is 72.8 Å². The molecule has 2 N–H and O–H groups in total. The van der Waals surface area contributed by atoms with Gasteiger partial charge in [-0.3, -0.25) is 19.5 Å². The van der Waals surface area contributed by atoms with E-state index >= 15 is 0 Å². The molecule has 5 rings (SSSR count). The van der Waals surface area contributed by atoms with Crippen LogP contribution in [0.15, 0.2) is 109 Å². The van der Waals surface area contributed by atoms with Crippen molar-refractivity contribution in [2.24, 2.45) is 0 Å². The fourth-order valence-corrected chi connectivity index (χ4v) is 5.59. The summed E-state index contributed by atoms with van der Waals surface area (Å²) in [6.45, 7) is 0.102. The van der Waals surface area contributed by atoms with E-state index in [1.165, 1.54) is 16.7 Å². The maximum Gasteiger partial charge on any atom is 0.412 e. The van der Waals surface area contributed by atoms with Gasteiger partial charge in [0.2, 0.25) is 5.91 Å². The second-order valence-electron chi connectivity index (χ2n) is 8.82. The number of aromatic nitrogens is 1. The molecular formula is C30H26N4O4S. The van der Waals surface area contributed by atoms with E-state index in [0.29, 0.717) is 22.7 Å². The summed E-state index contributed by atoms with van der Waals surface area (Å²) in [7, 11) is 0. The van der Waals surface area contributed by atoms with Gasteiger partial charge in [-0.15, -0.1) is 11.8 Å². The lowest BCUT2D eigenvalue weighted by molar-refractivity contribution is -0.120. The van der Waals surface area contributed by atoms with Gasteiger partial charge in [-0.1, -0.05) is 48.5 Å². The average molecular weight is 539 g/mol. The van der Waals surface area contributed by atoms with Crippen LogP contribution in [0.3, 0.4) is 0 Å². The van der Waals surface area contributed by atoms with Crippen LogP contribution in [0.2, 0.25) is 0 Å². The van der Waals surface area contributed by atoms with Crippen LogP contribution in [-0.4, -0.2) is 39.6 Å². The van der Waals surface area contributed by atoms with Gasteiger partial charge < -0.3 is 15.4 Å². The number of amides is 3. The van der Waals surface area contributed by atoms with Crippen LogP contribution in [0, 0.1) is 0 Å². The lowest BCUT2D eigenvalue weighted by Crippen LogP contribution is -2.45. The molecular weight excluding hydrogens is 512 g/mol. The minimum absolute atomic E-state index is 0.102. The Balaban J connectivity index is 1.28. The molecule has 1 saturated heterocycles. The van der Waals surface area contributed by atoms with Gasteiger partial charge in [0, 0.05) is 35.1 Å². The number of pyridine rings is 1. The minimum Gasteiger partial charge on any atom is -0.444 e. The standard InChI is InChI=1S/C30H26N4O4S/c35-27(32-24-9-5-2-6-10-24)22-11-13-25(14-12-22)33-28(36)26-20-39-29(23-15-17-31-18-16-23)34(26)30(37)38-19-21-7-3-1-4-8-21/h1-18,26,29H,19-20H2,(H,32,35)(H,33,36). The first-order valence-corrected chi connectivity index (χ1v) is 13.4. The molecule has 0 aliphatic carbocycles. The summed E-state index contributed by atoms with van der Waals surface area (Å²) in [6, 6.07) is 28.1. The number of carbonyl (C=O) groups excluding carboxylic acids is 3. The predicted octanol–water partition coefficient (Wildman–Crippen LogP) is 5.73. The monoisotopic (exact) mass is 538 g/mol. The lowest BCUT2D eigenvalue weighted by Gasteiger charge is -2.28. The van der Waals surface area contributed by atoms with Crippen LogP contribution in [0.5, 0.6) is 0 Å². The van der Waals surface area contributed by atoms with Gasteiger partial charge in [-0.25, -0.2) is 4.79 Å². The largest absolute Gasteiger partial charge is 0.444 e. The molecule has 3 amide bonds. The highest BCUT2D eigenvalue weighted by Crippen LogP contribution is 2.42. The SMILES string of the molecule is O=C(Nc1ccccc1)c1ccc(NC(=O)C2CSC(c3ccncc3)N2C(=O)OCc2ccccc2)cc1. The van der Waals surface area contributed by atoms with Crippen molar-refractivity contribution in [2.45, 2.75) is 18.0 Å². The van der Waals surface area contributed by atoms with Crippen molar-refractivity contribution in [3.8, 4) is 0 Å². The van der Waals surface area contributed by atoms with Gasteiger partial charge >= 0.3 is 6.09 Å². The van der Waals surface area contributed by atoms with Crippen LogP contribution in [0.25, 0.3) is 0 Å². The van der Waals surface area contributed by atoms with E-state index in [4.69, 9.17) is 4.74 Å². The third-order valence-corrected chi connectivity index (χ3v) is 7.48. The summed E-state index contributed by atoms with van der Waals surface area (Å²) in [5, 5.41) is 5.33. The molecule has 2 unspecified atom stereocenters. The van der Waals surface area contributed by atoms with Crippen molar-refractivity contribution in [1.82, 2.24) is 9.88 Å². The molecule has 39 heavy (non-hydrogen) atoms. The maximum atomic E-state index is 13.4. The first-order chi connectivity index (χ1) is 19.1. The van der Waals surface area contributed by atoms with Gasteiger partial charge in [0.1, 0.15) is 18.0 Å². The van der Waals surface area contributed by atoms with Gasteiger partial charge in [0.15, 0.2) is 0 Å². The van der Waals surface area contributed by atoms with Crippen LogP contribution >= 0.6 is 11.8 Å². The number of carbonyl (C=O) groups is 3. The summed E-state index contributed by atoms with van der Waals surface area (Å²) in [5.74, 6) is -0.187. The van der Waals surface area contributed by atoms with Crippen molar-refractivity contribution in [1.29, 1.82) is 0 Å². The van der Waals surface area contributed by atoms with Gasteiger partial charge in [0.05, 0.1) is 0 Å². The molecule has 1 fully saturated rings. The van der Waals surface area contributed by atoms with Crippen LogP contribution < -0.4 is 10.6 Å². The molecule has 0 radical (unpaired) electrons. The molecule has 9 heteroatoms. The maximum absolute atomic E-state index is 13.4. The van der Waals surface area contributed by atoms with Crippen molar-refractivity contribution in [2.75, 3.05) is 16.4 Å². The van der Waals surface area contributed by atoms with E-state index in [0.717, 1.165) is 11.1 Å². The van der Waals surface area contributed by atoms with Gasteiger partial charge in [-0.2, -0.15) is 0 Å². The first kappa shape index (κ1) is 26.0. The number of thioether (sulfide) groups is 1. The highest BCUT2D eigenvalue weighted by molar-refractivity contribution is 7.99. The Labute approximate surface area is 230 Å². The molecule has 8 nitrogen and oxygen atoms in total. The summed E-state index contributed by atoms with van der Waals surface area (Å²) in [4.78, 5) is 44.8. The zero-order valence-corrected chi connectivity index (χ0v) is 21.7. The zero-order chi connectivity index (χ0) is 27.0. The third-order valence-electron chi connectivity index (χ3n) is 6.16. The second kappa shape index (κ2) is 12.3. The van der Waals surface area contributed by atoms with Crippen molar-refractivity contribution in [3.05, 3.63) is 126 Å². The fourth-order valence-electron chi connectivity index (χ4n) is 4.17. The van der Waals surface area contributed by atoms with E-state index in [-0.39, 0.29) is 18.4 Å². The van der Waals surface area contributed by atoms with Gasteiger partial charge in [-0.05, 0) is 59.7 Å². The Bertz CT molecular complexity index is 1420. The first-order valence-electron chi connectivity index (χ1n) is 12.4. The molecule has 0 bridgehead atoms. The minimum atomic E-state index is -0.752. The number of ether oxygens (including phenoxy) is 1. The molecule has 2 heterocycles. The summed E-state index contributed by atoms with van der Waals surface area (Å²) < 4.78 is 5.62. The number of hydrogen-bond acceptors (Lipinski definition) is 6. The molecule has 2 atom stereocenters. The highest BCUT2D eigenvalue weighted by Gasteiger charge is 2.43. The molecule has 1 aliphatic heterocycles. The predicted molar refractivity (Wildman–Crippen MR) is 151 cm³/mol. The smallest absolute Gasteiger partial charge is 0.412 e. The van der Waals surface area contributed by atoms with E-state index in [1.54, 1.807) is 36.7 Å². The summed E-state index contributed by atoms with van der Waals surface area (Å²) >= 11 is 1.49. The second-order valence-corrected chi connectivity index (χ2v) is 9.93. The number of anilines is 2. The lowest BCUT2D eigenvalue weighted by atomic mass is 10.1. The van der Waals surface area contributed by atoms with Crippen molar-refractivity contribution >= 4 is 41.0 Å². The molecule has 0 spiro atoms. The molecule has 1 aromatic heterocycles. The quantitative estimate of drug-likeness (QED) is 0.312. The fraction of sp³-hybridized carbons (Fsp3) is 0.133. The molecule has 0 saturated carbocycles. The number of hydrogen-bond donors (Lipinski definition) is 2. The zero-order valence-electron chi connectivity index (χ0n) is 20.9. The normalized spacial score (nSPS) is 16.4. The molecule has 4 aromatic rings. The number of rotatable bonds is 7. The third kappa shape index (κ3) is 6.45. The summed E-state index contributed by atoms with van der Waals surface area (Å²) in [5.41, 5.74) is 3.39. The average Bonchev–Trinajstić information content (AvgIpc) is 3.43. The summed E-state index contributed by atoms with van der Waals surface area (Å²) in [6.07, 6.45) is 2.75. The van der Waals surface area contributed by atoms with Crippen LogP contribution in [-0.2, 0) is 16.1 Å². The Morgan fingerprint density at radius 3 is 2.15 bits per heavy atom. The number of benzene rings is 3. The molecule has 3 aromatic carbocycles. The van der Waals surface area contributed by atoms with E-state index < -0.39 is 17.5 Å². The molecule has 196 valence electrons. The topological polar surface area (TPSA) is 101 Å². The Kier molecular flexibility index (Phi) is 8.18.